The van der Waals surface area contributed by atoms with Gasteiger partial charge in [-0.15, -0.1) is 0 Å². The average Bonchev–Trinajstić information content (AvgIpc) is 3.08. The van der Waals surface area contributed by atoms with Gasteiger partial charge in [-0.1, -0.05) is 64.0 Å². The normalized spacial score (nSPS) is 27.0. The molecule has 270 valence electrons. The molecule has 1 fully saturated rings. The van der Waals surface area contributed by atoms with Gasteiger partial charge in [0.1, 0.15) is 23.4 Å². The van der Waals surface area contributed by atoms with E-state index in [-0.39, 0.29) is 40.8 Å². The van der Waals surface area contributed by atoms with Crippen molar-refractivity contribution >= 4 is 11.6 Å². The minimum atomic E-state index is -2.04. The van der Waals surface area contributed by atoms with Gasteiger partial charge >= 0.3 is 0 Å². The largest absolute Gasteiger partial charge is 0.507 e. The lowest BCUT2D eigenvalue weighted by molar-refractivity contribution is -0.253. The van der Waals surface area contributed by atoms with Crippen LogP contribution in [0.2, 0.25) is 0 Å². The first kappa shape index (κ1) is 37.2. The molecular weight excluding hydrogens is 634 g/mol. The number of ether oxygens (including phenoxy) is 3. The van der Waals surface area contributed by atoms with Gasteiger partial charge in [0.2, 0.25) is 5.78 Å². The zero-order valence-electron chi connectivity index (χ0n) is 28.6. The fourth-order valence-corrected chi connectivity index (χ4v) is 7.56. The summed E-state index contributed by atoms with van der Waals surface area (Å²) < 4.78 is 17.7. The molecule has 0 radical (unpaired) electrons. The molecule has 1 aliphatic heterocycles. The maximum Gasteiger partial charge on any atom is 0.202 e. The number of benzene rings is 2. The number of aromatic hydroxyl groups is 2. The number of methoxy groups -OCH3 is 1. The van der Waals surface area contributed by atoms with E-state index in [1.54, 1.807) is 6.92 Å². The summed E-state index contributed by atoms with van der Waals surface area (Å²) in [6.45, 7) is 3.79. The molecule has 1 heterocycles. The van der Waals surface area contributed by atoms with Crippen molar-refractivity contribution in [1.82, 2.24) is 5.32 Å². The van der Waals surface area contributed by atoms with Crippen LogP contribution in [0, 0.1) is 0 Å². The number of ketones is 2. The smallest absolute Gasteiger partial charge is 0.202 e. The summed E-state index contributed by atoms with van der Waals surface area (Å²) in [5.41, 5.74) is -3.09. The van der Waals surface area contributed by atoms with Gasteiger partial charge in [-0.3, -0.25) is 9.59 Å². The number of aliphatic hydroxyl groups excluding tert-OH is 3. The van der Waals surface area contributed by atoms with Gasteiger partial charge in [-0.25, -0.2) is 0 Å². The predicted octanol–water partition coefficient (Wildman–Crippen LogP) is 3.56. The molecular formula is C37H51NO11. The summed E-state index contributed by atoms with van der Waals surface area (Å²) in [5.74, 6) is -2.57. The highest BCUT2D eigenvalue weighted by atomic mass is 16.7. The second kappa shape index (κ2) is 15.8. The van der Waals surface area contributed by atoms with Gasteiger partial charge in [0.05, 0.1) is 54.3 Å². The number of aliphatic hydroxyl groups is 4. The number of nitrogens with one attached hydrogen (secondary N) is 1. The molecule has 2 aliphatic carbocycles. The van der Waals surface area contributed by atoms with Crippen molar-refractivity contribution in [2.45, 2.75) is 127 Å². The van der Waals surface area contributed by atoms with Crippen LogP contribution in [0.5, 0.6) is 17.2 Å². The van der Waals surface area contributed by atoms with Crippen molar-refractivity contribution in [2.24, 2.45) is 0 Å². The van der Waals surface area contributed by atoms with E-state index in [2.05, 4.69) is 12.2 Å². The zero-order valence-corrected chi connectivity index (χ0v) is 28.6. The number of fused-ring (bicyclic) bond motifs is 3. The highest BCUT2D eigenvalue weighted by Crippen LogP contribution is 2.53. The third kappa shape index (κ3) is 7.37. The van der Waals surface area contributed by atoms with Crippen LogP contribution in [0.3, 0.4) is 0 Å². The number of carbonyl (C=O) groups excluding carboxylic acids is 2. The maximum atomic E-state index is 13.9. The second-order valence-electron chi connectivity index (χ2n) is 13.7. The lowest BCUT2D eigenvalue weighted by Gasteiger charge is -2.44. The van der Waals surface area contributed by atoms with E-state index in [1.807, 2.05) is 0 Å². The van der Waals surface area contributed by atoms with Crippen LogP contribution < -0.4 is 10.1 Å². The maximum absolute atomic E-state index is 13.9. The third-order valence-electron chi connectivity index (χ3n) is 10.4. The van der Waals surface area contributed by atoms with Crippen LogP contribution in [0.15, 0.2) is 18.2 Å². The number of phenols is 2. The molecule has 2 aromatic rings. The van der Waals surface area contributed by atoms with Crippen molar-refractivity contribution in [1.29, 1.82) is 0 Å². The molecule has 1 saturated heterocycles. The molecule has 12 heteroatoms. The van der Waals surface area contributed by atoms with Crippen LogP contribution in [0.25, 0.3) is 0 Å². The number of unbranched alkanes of at least 4 members (excludes halogenated alkanes) is 7. The van der Waals surface area contributed by atoms with E-state index in [4.69, 9.17) is 14.2 Å². The molecule has 0 amide bonds. The Morgan fingerprint density at radius 3 is 2.35 bits per heavy atom. The van der Waals surface area contributed by atoms with Crippen molar-refractivity contribution < 1.29 is 54.4 Å². The number of phenolic OH excluding ortho intramolecular Hbond substituents is 2. The number of carbonyl (C=O) groups is 2. The van der Waals surface area contributed by atoms with E-state index in [1.165, 1.54) is 57.4 Å². The Labute approximate surface area is 287 Å². The lowest BCUT2D eigenvalue weighted by atomic mass is 9.71. The van der Waals surface area contributed by atoms with E-state index in [0.29, 0.717) is 6.54 Å². The molecule has 7 atom stereocenters. The van der Waals surface area contributed by atoms with Crippen LogP contribution in [0.4, 0.5) is 0 Å². The van der Waals surface area contributed by atoms with E-state index >= 15 is 0 Å². The lowest BCUT2D eigenvalue weighted by Crippen LogP contribution is -2.55. The minimum Gasteiger partial charge on any atom is -0.507 e. The summed E-state index contributed by atoms with van der Waals surface area (Å²) in [5, 5.41) is 69.8. The first-order chi connectivity index (χ1) is 23.5. The fraction of sp³-hybridized carbons (Fsp3) is 0.622. The monoisotopic (exact) mass is 685 g/mol. The molecule has 7 N–H and O–H groups in total. The standard InChI is InChI=1S/C37H51NO11/c1-4-5-6-7-8-9-10-11-15-38-23-16-27(48-20(2)32(23)41)49-25-18-37(46,26(40)19-39)17-22-29(25)36(45)31-30(34(22)43)33(42)21-13-12-14-24(47-3)28(21)35(31)44/h12-14,20,23,25-27,32,38-41,43,45-46H,4-11,15-19H2,1-3H3/t20-,23-,25-,26-,27-,32+,37+/m1/s1. The Kier molecular flexibility index (Phi) is 12.0. The first-order valence-electron chi connectivity index (χ1n) is 17.6. The Morgan fingerprint density at radius 2 is 1.67 bits per heavy atom. The fourth-order valence-electron chi connectivity index (χ4n) is 7.56. The Morgan fingerprint density at radius 1 is 1.00 bits per heavy atom. The summed E-state index contributed by atoms with van der Waals surface area (Å²) in [6.07, 6.45) is 3.42. The molecule has 0 bridgehead atoms. The summed E-state index contributed by atoms with van der Waals surface area (Å²) in [4.78, 5) is 27.6. The molecule has 0 unspecified atom stereocenters. The summed E-state index contributed by atoms with van der Waals surface area (Å²) >= 11 is 0. The predicted molar refractivity (Wildman–Crippen MR) is 179 cm³/mol. The SMILES string of the molecule is CCCCCCCCCCN[C@@H]1C[C@@H](O[C@@H]2C[C@](O)([C@H](O)CO)Cc3c(O)c4c(c(O)c32)C(=O)c2c(OC)cccc2C4=O)O[C@H](C)[C@@H]1O. The Bertz CT molecular complexity index is 1510. The van der Waals surface area contributed by atoms with Crippen LogP contribution in [-0.2, 0) is 15.9 Å². The van der Waals surface area contributed by atoms with E-state index in [0.717, 1.165) is 19.3 Å². The molecule has 3 aliphatic rings. The average molecular weight is 686 g/mol. The van der Waals surface area contributed by atoms with Crippen LogP contribution in [-0.4, -0.2) is 98.7 Å². The minimum absolute atomic E-state index is 0.0190. The summed E-state index contributed by atoms with van der Waals surface area (Å²) in [6, 6.07) is 4.08. The summed E-state index contributed by atoms with van der Waals surface area (Å²) in [7, 11) is 1.35. The highest BCUT2D eigenvalue weighted by molar-refractivity contribution is 6.31. The van der Waals surface area contributed by atoms with Crippen molar-refractivity contribution in [3.63, 3.8) is 0 Å². The van der Waals surface area contributed by atoms with E-state index in [9.17, 15) is 40.2 Å². The number of hydrogen-bond acceptors (Lipinski definition) is 12. The number of rotatable bonds is 15. The molecule has 0 aromatic heterocycles. The van der Waals surface area contributed by atoms with Crippen LogP contribution >= 0.6 is 0 Å². The topological polar surface area (TPSA) is 195 Å². The van der Waals surface area contributed by atoms with Crippen LogP contribution in [0.1, 0.15) is 127 Å². The number of hydrogen-bond donors (Lipinski definition) is 7. The molecule has 49 heavy (non-hydrogen) atoms. The first-order valence-corrected chi connectivity index (χ1v) is 17.6. The quantitative estimate of drug-likeness (QED) is 0.0910. The van der Waals surface area contributed by atoms with Gasteiger partial charge in [-0.2, -0.15) is 0 Å². The van der Waals surface area contributed by atoms with Gasteiger partial charge in [0.15, 0.2) is 12.1 Å². The second-order valence-corrected chi connectivity index (χ2v) is 13.7. The van der Waals surface area contributed by atoms with Gasteiger partial charge in [-0.05, 0) is 26.0 Å². The highest BCUT2D eigenvalue weighted by Gasteiger charge is 2.50. The molecule has 0 spiro atoms. The van der Waals surface area contributed by atoms with Gasteiger partial charge in [0.25, 0.3) is 0 Å². The molecule has 5 rings (SSSR count). The van der Waals surface area contributed by atoms with Crippen molar-refractivity contribution in [3.8, 4) is 17.2 Å². The Hall–Kier alpha value is -3.10. The molecule has 2 aromatic carbocycles. The van der Waals surface area contributed by atoms with Crippen molar-refractivity contribution in [3.05, 3.63) is 51.6 Å². The zero-order chi connectivity index (χ0) is 35.5. The molecule has 12 nitrogen and oxygen atoms in total. The third-order valence-corrected chi connectivity index (χ3v) is 10.4. The Balaban J connectivity index is 1.41. The van der Waals surface area contributed by atoms with Crippen molar-refractivity contribution in [2.75, 3.05) is 20.3 Å². The molecule has 0 saturated carbocycles. The van der Waals surface area contributed by atoms with Gasteiger partial charge < -0.3 is 50.2 Å². The van der Waals surface area contributed by atoms with Gasteiger partial charge in [0, 0.05) is 42.0 Å². The van der Waals surface area contributed by atoms with E-state index < -0.39 is 89.6 Å².